The van der Waals surface area contributed by atoms with Crippen LogP contribution in [0.15, 0.2) is 36.0 Å². The van der Waals surface area contributed by atoms with E-state index in [-0.39, 0.29) is 17.9 Å². The summed E-state index contributed by atoms with van der Waals surface area (Å²) in [5, 5.41) is 4.61. The van der Waals surface area contributed by atoms with Gasteiger partial charge in [0.25, 0.3) is 11.8 Å². The fourth-order valence-electron chi connectivity index (χ4n) is 2.61. The number of aromatic nitrogens is 1. The van der Waals surface area contributed by atoms with E-state index in [1.54, 1.807) is 40.9 Å². The molecule has 23 heavy (non-hydrogen) atoms. The van der Waals surface area contributed by atoms with Crippen LogP contribution < -0.4 is 11.1 Å². The zero-order valence-corrected chi connectivity index (χ0v) is 13.4. The molecule has 1 unspecified atom stereocenters. The Kier molecular flexibility index (Phi) is 4.68. The highest BCUT2D eigenvalue weighted by molar-refractivity contribution is 7.12. The van der Waals surface area contributed by atoms with Crippen molar-refractivity contribution >= 4 is 28.8 Å². The lowest BCUT2D eigenvalue weighted by Crippen LogP contribution is -2.45. The molecular formula is C16H18N4O2S. The van der Waals surface area contributed by atoms with E-state index in [2.05, 4.69) is 10.3 Å². The Balaban J connectivity index is 1.74. The average molecular weight is 330 g/mol. The number of likely N-dealkylation sites (tertiary alicyclic amines) is 1. The molecule has 0 bridgehead atoms. The third-order valence-electron chi connectivity index (χ3n) is 3.80. The van der Waals surface area contributed by atoms with E-state index in [0.717, 1.165) is 12.8 Å². The largest absolute Gasteiger partial charge is 0.336 e. The number of carbonyl (C=O) groups excluding carboxylic acids is 2. The van der Waals surface area contributed by atoms with Crippen LogP contribution in [0.5, 0.6) is 0 Å². The zero-order chi connectivity index (χ0) is 16.2. The molecule has 3 rings (SSSR count). The summed E-state index contributed by atoms with van der Waals surface area (Å²) in [6, 6.07) is 5.04. The Labute approximate surface area is 138 Å². The van der Waals surface area contributed by atoms with Crippen molar-refractivity contribution < 1.29 is 9.59 Å². The van der Waals surface area contributed by atoms with E-state index in [0.29, 0.717) is 29.2 Å². The molecule has 1 saturated heterocycles. The van der Waals surface area contributed by atoms with E-state index in [9.17, 15) is 9.59 Å². The molecule has 2 amide bonds. The maximum absolute atomic E-state index is 12.7. The first kappa shape index (κ1) is 15.6. The highest BCUT2D eigenvalue weighted by atomic mass is 32.1. The van der Waals surface area contributed by atoms with Crippen molar-refractivity contribution in [2.75, 3.05) is 18.4 Å². The standard InChI is InChI=1S/C16H18N4O2S/c17-12-2-1-8-20(10-12)16(22)14-13(5-9-23-14)19-15(21)11-3-6-18-7-4-11/h3-7,9,12H,1-2,8,10,17H2,(H,19,21). The van der Waals surface area contributed by atoms with E-state index in [4.69, 9.17) is 5.73 Å². The van der Waals surface area contributed by atoms with Crippen LogP contribution in [-0.4, -0.2) is 40.8 Å². The lowest BCUT2D eigenvalue weighted by molar-refractivity contribution is 0.0714. The third kappa shape index (κ3) is 3.57. The summed E-state index contributed by atoms with van der Waals surface area (Å²) in [5.74, 6) is -0.324. The summed E-state index contributed by atoms with van der Waals surface area (Å²) in [7, 11) is 0. The summed E-state index contributed by atoms with van der Waals surface area (Å²) in [5.41, 5.74) is 6.99. The fraction of sp³-hybridized carbons (Fsp3) is 0.312. The second-order valence-electron chi connectivity index (χ2n) is 5.51. The number of pyridine rings is 1. The number of nitrogens with zero attached hydrogens (tertiary/aromatic N) is 2. The van der Waals surface area contributed by atoms with Crippen molar-refractivity contribution in [1.29, 1.82) is 0 Å². The van der Waals surface area contributed by atoms with Crippen molar-refractivity contribution in [2.24, 2.45) is 5.73 Å². The molecule has 0 spiro atoms. The zero-order valence-electron chi connectivity index (χ0n) is 12.6. The first-order valence-corrected chi connectivity index (χ1v) is 8.37. The molecule has 1 aliphatic heterocycles. The molecule has 1 aliphatic rings. The molecule has 3 N–H and O–H groups in total. The summed E-state index contributed by atoms with van der Waals surface area (Å²) in [4.78, 5) is 31.1. The molecule has 2 aromatic rings. The first-order chi connectivity index (χ1) is 11.1. The van der Waals surface area contributed by atoms with Crippen molar-refractivity contribution in [3.8, 4) is 0 Å². The Hall–Kier alpha value is -2.25. The van der Waals surface area contributed by atoms with Crippen molar-refractivity contribution in [2.45, 2.75) is 18.9 Å². The number of carbonyl (C=O) groups is 2. The quantitative estimate of drug-likeness (QED) is 0.900. The highest BCUT2D eigenvalue weighted by Crippen LogP contribution is 2.26. The number of anilines is 1. The van der Waals surface area contributed by atoms with E-state index >= 15 is 0 Å². The second-order valence-corrected chi connectivity index (χ2v) is 6.42. The summed E-state index contributed by atoms with van der Waals surface area (Å²) >= 11 is 1.33. The van der Waals surface area contributed by atoms with Gasteiger partial charge in [-0.3, -0.25) is 14.6 Å². The van der Waals surface area contributed by atoms with Crippen LogP contribution in [0.4, 0.5) is 5.69 Å². The van der Waals surface area contributed by atoms with Gasteiger partial charge in [0.1, 0.15) is 4.88 Å². The molecule has 0 radical (unpaired) electrons. The van der Waals surface area contributed by atoms with Gasteiger partial charge in [-0.1, -0.05) is 0 Å². The van der Waals surface area contributed by atoms with Gasteiger partial charge >= 0.3 is 0 Å². The third-order valence-corrected chi connectivity index (χ3v) is 4.70. The van der Waals surface area contributed by atoms with Crippen molar-refractivity contribution in [1.82, 2.24) is 9.88 Å². The lowest BCUT2D eigenvalue weighted by Gasteiger charge is -2.30. The van der Waals surface area contributed by atoms with Gasteiger partial charge in [-0.2, -0.15) is 0 Å². The topological polar surface area (TPSA) is 88.3 Å². The maximum Gasteiger partial charge on any atom is 0.266 e. The summed E-state index contributed by atoms with van der Waals surface area (Å²) < 4.78 is 0. The predicted molar refractivity (Wildman–Crippen MR) is 89.6 cm³/mol. The van der Waals surface area contributed by atoms with E-state index in [1.165, 1.54) is 11.3 Å². The van der Waals surface area contributed by atoms with E-state index < -0.39 is 0 Å². The SMILES string of the molecule is NC1CCCN(C(=O)c2sccc2NC(=O)c2ccncc2)C1. The van der Waals surface area contributed by atoms with Crippen LogP contribution in [0.1, 0.15) is 32.9 Å². The number of hydrogen-bond acceptors (Lipinski definition) is 5. The number of nitrogens with two attached hydrogens (primary N) is 1. The molecule has 0 aliphatic carbocycles. The second kappa shape index (κ2) is 6.89. The van der Waals surface area contributed by atoms with Gasteiger partial charge in [-0.15, -0.1) is 11.3 Å². The summed E-state index contributed by atoms with van der Waals surface area (Å²) in [6.45, 7) is 1.27. The van der Waals surface area contributed by atoms with Gasteiger partial charge in [-0.05, 0) is 36.4 Å². The van der Waals surface area contributed by atoms with Gasteiger partial charge in [0.2, 0.25) is 0 Å². The Bertz CT molecular complexity index is 701. The van der Waals surface area contributed by atoms with Crippen LogP contribution in [0, 0.1) is 0 Å². The van der Waals surface area contributed by atoms with Gasteiger partial charge < -0.3 is 16.0 Å². The monoisotopic (exact) mass is 330 g/mol. The highest BCUT2D eigenvalue weighted by Gasteiger charge is 2.25. The molecule has 1 atom stereocenters. The van der Waals surface area contributed by atoms with Gasteiger partial charge in [0.15, 0.2) is 0 Å². The average Bonchev–Trinajstić information content (AvgIpc) is 3.03. The van der Waals surface area contributed by atoms with Gasteiger partial charge in [0, 0.05) is 37.1 Å². The number of hydrogen-bond donors (Lipinski definition) is 2. The van der Waals surface area contributed by atoms with Crippen LogP contribution >= 0.6 is 11.3 Å². The molecule has 2 aromatic heterocycles. The molecule has 3 heterocycles. The van der Waals surface area contributed by atoms with Crippen LogP contribution in [-0.2, 0) is 0 Å². The molecule has 0 aromatic carbocycles. The van der Waals surface area contributed by atoms with Crippen molar-refractivity contribution in [3.05, 3.63) is 46.4 Å². The Morgan fingerprint density at radius 1 is 1.30 bits per heavy atom. The molecule has 6 nitrogen and oxygen atoms in total. The molecule has 7 heteroatoms. The Morgan fingerprint density at radius 3 is 2.83 bits per heavy atom. The molecule has 0 saturated carbocycles. The molecule has 1 fully saturated rings. The summed E-state index contributed by atoms with van der Waals surface area (Å²) in [6.07, 6.45) is 4.98. The van der Waals surface area contributed by atoms with E-state index in [1.807, 2.05) is 0 Å². The van der Waals surface area contributed by atoms with Gasteiger partial charge in [0.05, 0.1) is 5.69 Å². The molecule has 120 valence electrons. The normalized spacial score (nSPS) is 17.8. The Morgan fingerprint density at radius 2 is 2.09 bits per heavy atom. The number of rotatable bonds is 3. The predicted octanol–water partition coefficient (Wildman–Crippen LogP) is 1.96. The minimum Gasteiger partial charge on any atom is -0.336 e. The molecular weight excluding hydrogens is 312 g/mol. The van der Waals surface area contributed by atoms with Crippen LogP contribution in [0.3, 0.4) is 0 Å². The minimum absolute atomic E-state index is 0.0301. The maximum atomic E-state index is 12.7. The number of thiophene rings is 1. The van der Waals surface area contributed by atoms with Crippen LogP contribution in [0.25, 0.3) is 0 Å². The first-order valence-electron chi connectivity index (χ1n) is 7.49. The number of nitrogens with one attached hydrogen (secondary N) is 1. The van der Waals surface area contributed by atoms with Crippen LogP contribution in [0.2, 0.25) is 0 Å². The van der Waals surface area contributed by atoms with Gasteiger partial charge in [-0.25, -0.2) is 0 Å². The lowest BCUT2D eigenvalue weighted by atomic mass is 10.1. The minimum atomic E-state index is -0.254. The number of piperidine rings is 1. The number of amides is 2. The van der Waals surface area contributed by atoms with Crippen molar-refractivity contribution in [3.63, 3.8) is 0 Å². The smallest absolute Gasteiger partial charge is 0.266 e. The fourth-order valence-corrected chi connectivity index (χ4v) is 3.43.